The van der Waals surface area contributed by atoms with Crippen LogP contribution in [-0.4, -0.2) is 21.8 Å². The van der Waals surface area contributed by atoms with Gasteiger partial charge in [-0.1, -0.05) is 6.08 Å². The highest BCUT2D eigenvalue weighted by molar-refractivity contribution is 5.77. The van der Waals surface area contributed by atoms with E-state index < -0.39 is 0 Å². The molecule has 1 aromatic heterocycles. The summed E-state index contributed by atoms with van der Waals surface area (Å²) in [6, 6.07) is 5.67. The zero-order valence-corrected chi connectivity index (χ0v) is 9.18. The van der Waals surface area contributed by atoms with Crippen LogP contribution < -0.4 is 4.74 Å². The Morgan fingerprint density at radius 1 is 1.56 bits per heavy atom. The van der Waals surface area contributed by atoms with Gasteiger partial charge >= 0.3 is 0 Å². The van der Waals surface area contributed by atoms with Gasteiger partial charge in [0.05, 0.1) is 18.1 Å². The van der Waals surface area contributed by atoms with Gasteiger partial charge in [0.2, 0.25) is 0 Å². The molecule has 0 atom stereocenters. The lowest BCUT2D eigenvalue weighted by Gasteiger charge is -2.04. The van der Waals surface area contributed by atoms with Crippen LogP contribution in [-0.2, 0) is 13.2 Å². The number of hydrogen-bond donors (Lipinski definition) is 1. The van der Waals surface area contributed by atoms with Crippen LogP contribution in [0.3, 0.4) is 0 Å². The number of nitrogens with zero attached hydrogens (tertiary/aromatic N) is 2. The molecule has 2 rings (SSSR count). The third-order valence-corrected chi connectivity index (χ3v) is 2.49. The molecule has 0 aliphatic carbocycles. The second-order valence-corrected chi connectivity index (χ2v) is 3.44. The standard InChI is InChI=1S/C12H14N2O2/c1-3-6-14-11-5-4-9(16-2)7-10(11)13-12(14)8-15/h3-5,7,15H,1,6,8H2,2H3. The molecule has 2 aromatic rings. The number of fused-ring (bicyclic) bond motifs is 1. The molecule has 4 nitrogen and oxygen atoms in total. The summed E-state index contributed by atoms with van der Waals surface area (Å²) in [5, 5.41) is 9.22. The predicted octanol–water partition coefficient (Wildman–Crippen LogP) is 1.72. The minimum Gasteiger partial charge on any atom is -0.497 e. The first-order valence-electron chi connectivity index (χ1n) is 5.05. The average molecular weight is 218 g/mol. The zero-order chi connectivity index (χ0) is 11.5. The van der Waals surface area contributed by atoms with E-state index >= 15 is 0 Å². The summed E-state index contributed by atoms with van der Waals surface area (Å²) in [5.74, 6) is 1.41. The maximum Gasteiger partial charge on any atom is 0.136 e. The van der Waals surface area contributed by atoms with Gasteiger partial charge in [-0.15, -0.1) is 6.58 Å². The molecule has 4 heteroatoms. The lowest BCUT2D eigenvalue weighted by Crippen LogP contribution is -2.01. The van der Waals surface area contributed by atoms with Gasteiger partial charge in [-0.3, -0.25) is 0 Å². The Labute approximate surface area is 93.8 Å². The first-order valence-corrected chi connectivity index (χ1v) is 5.05. The van der Waals surface area contributed by atoms with Gasteiger partial charge in [0.25, 0.3) is 0 Å². The van der Waals surface area contributed by atoms with E-state index in [1.54, 1.807) is 13.2 Å². The highest BCUT2D eigenvalue weighted by Gasteiger charge is 2.09. The summed E-state index contributed by atoms with van der Waals surface area (Å²) in [5.41, 5.74) is 1.80. The van der Waals surface area contributed by atoms with Crippen LogP contribution in [0.2, 0.25) is 0 Å². The van der Waals surface area contributed by atoms with Crippen molar-refractivity contribution in [2.75, 3.05) is 7.11 Å². The van der Waals surface area contributed by atoms with Crippen molar-refractivity contribution in [1.82, 2.24) is 9.55 Å². The Kier molecular flexibility index (Phi) is 2.92. The minimum atomic E-state index is -0.0785. The fraction of sp³-hybridized carbons (Fsp3) is 0.250. The van der Waals surface area contributed by atoms with Gasteiger partial charge in [0, 0.05) is 12.6 Å². The number of aromatic nitrogens is 2. The Morgan fingerprint density at radius 3 is 3.00 bits per heavy atom. The number of aliphatic hydroxyl groups excluding tert-OH is 1. The van der Waals surface area contributed by atoms with Gasteiger partial charge < -0.3 is 14.4 Å². The van der Waals surface area contributed by atoms with Crippen molar-refractivity contribution in [3.05, 3.63) is 36.7 Å². The van der Waals surface area contributed by atoms with Crippen LogP contribution in [0.25, 0.3) is 11.0 Å². The fourth-order valence-corrected chi connectivity index (χ4v) is 1.74. The SMILES string of the molecule is C=CCn1c(CO)nc2cc(OC)ccc21. The van der Waals surface area contributed by atoms with Gasteiger partial charge in [-0.2, -0.15) is 0 Å². The predicted molar refractivity (Wildman–Crippen MR) is 62.4 cm³/mol. The van der Waals surface area contributed by atoms with E-state index in [9.17, 15) is 5.11 Å². The minimum absolute atomic E-state index is 0.0785. The fourth-order valence-electron chi connectivity index (χ4n) is 1.74. The number of ether oxygens (including phenoxy) is 1. The Hall–Kier alpha value is -1.81. The summed E-state index contributed by atoms with van der Waals surface area (Å²) in [7, 11) is 1.62. The number of allylic oxidation sites excluding steroid dienone is 1. The molecule has 84 valence electrons. The largest absolute Gasteiger partial charge is 0.497 e. The van der Waals surface area contributed by atoms with E-state index in [0.717, 1.165) is 16.8 Å². The maximum atomic E-state index is 9.22. The van der Waals surface area contributed by atoms with Gasteiger partial charge in [0.15, 0.2) is 0 Å². The molecule has 0 bridgehead atoms. The summed E-state index contributed by atoms with van der Waals surface area (Å²) in [4.78, 5) is 4.34. The van der Waals surface area contributed by atoms with Gasteiger partial charge in [-0.25, -0.2) is 4.98 Å². The van der Waals surface area contributed by atoms with E-state index in [1.165, 1.54) is 0 Å². The second-order valence-electron chi connectivity index (χ2n) is 3.44. The summed E-state index contributed by atoms with van der Waals surface area (Å²) in [6.45, 7) is 4.26. The normalized spacial score (nSPS) is 10.6. The molecule has 0 aliphatic rings. The molecule has 1 N–H and O–H groups in total. The van der Waals surface area contributed by atoms with E-state index in [1.807, 2.05) is 22.8 Å². The molecule has 0 saturated carbocycles. The van der Waals surface area contributed by atoms with Crippen molar-refractivity contribution in [2.24, 2.45) is 0 Å². The topological polar surface area (TPSA) is 47.3 Å². The van der Waals surface area contributed by atoms with Crippen molar-refractivity contribution in [3.8, 4) is 5.75 Å². The monoisotopic (exact) mass is 218 g/mol. The molecule has 0 radical (unpaired) electrons. The van der Waals surface area contributed by atoms with E-state index in [4.69, 9.17) is 4.74 Å². The van der Waals surface area contributed by atoms with Crippen LogP contribution in [0.15, 0.2) is 30.9 Å². The summed E-state index contributed by atoms with van der Waals surface area (Å²) in [6.07, 6.45) is 1.78. The molecule has 0 saturated heterocycles. The molecular weight excluding hydrogens is 204 g/mol. The number of aliphatic hydroxyl groups is 1. The third-order valence-electron chi connectivity index (χ3n) is 2.49. The van der Waals surface area contributed by atoms with Crippen LogP contribution in [0.5, 0.6) is 5.75 Å². The Morgan fingerprint density at radius 2 is 2.38 bits per heavy atom. The molecule has 16 heavy (non-hydrogen) atoms. The quantitative estimate of drug-likeness (QED) is 0.795. The number of methoxy groups -OCH3 is 1. The molecule has 1 heterocycles. The molecule has 0 fully saturated rings. The van der Waals surface area contributed by atoms with Crippen LogP contribution in [0.1, 0.15) is 5.82 Å². The first kappa shape index (κ1) is 10.7. The van der Waals surface area contributed by atoms with Crippen molar-refractivity contribution in [1.29, 1.82) is 0 Å². The Bertz CT molecular complexity index is 517. The van der Waals surface area contributed by atoms with Crippen LogP contribution in [0, 0.1) is 0 Å². The molecule has 0 spiro atoms. The van der Waals surface area contributed by atoms with Gasteiger partial charge in [-0.05, 0) is 12.1 Å². The second kappa shape index (κ2) is 4.37. The number of imidazole rings is 1. The number of hydrogen-bond acceptors (Lipinski definition) is 3. The Balaban J connectivity index is 2.62. The van der Waals surface area contributed by atoms with E-state index in [-0.39, 0.29) is 6.61 Å². The molecular formula is C12H14N2O2. The number of rotatable bonds is 4. The number of benzene rings is 1. The van der Waals surface area contributed by atoms with Crippen molar-refractivity contribution in [2.45, 2.75) is 13.2 Å². The highest BCUT2D eigenvalue weighted by atomic mass is 16.5. The summed E-state index contributed by atoms with van der Waals surface area (Å²) >= 11 is 0. The summed E-state index contributed by atoms with van der Waals surface area (Å²) < 4.78 is 7.07. The highest BCUT2D eigenvalue weighted by Crippen LogP contribution is 2.21. The van der Waals surface area contributed by atoms with Crippen molar-refractivity contribution >= 4 is 11.0 Å². The van der Waals surface area contributed by atoms with Crippen molar-refractivity contribution in [3.63, 3.8) is 0 Å². The lowest BCUT2D eigenvalue weighted by atomic mass is 10.3. The van der Waals surface area contributed by atoms with E-state index in [0.29, 0.717) is 12.4 Å². The molecule has 0 unspecified atom stereocenters. The smallest absolute Gasteiger partial charge is 0.136 e. The average Bonchev–Trinajstić information content (AvgIpc) is 2.67. The van der Waals surface area contributed by atoms with E-state index in [2.05, 4.69) is 11.6 Å². The molecule has 0 amide bonds. The van der Waals surface area contributed by atoms with Gasteiger partial charge in [0.1, 0.15) is 18.2 Å². The van der Waals surface area contributed by atoms with Crippen LogP contribution >= 0.6 is 0 Å². The molecule has 0 aliphatic heterocycles. The van der Waals surface area contributed by atoms with Crippen molar-refractivity contribution < 1.29 is 9.84 Å². The van der Waals surface area contributed by atoms with Crippen LogP contribution in [0.4, 0.5) is 0 Å². The lowest BCUT2D eigenvalue weighted by molar-refractivity contribution is 0.267. The first-order chi connectivity index (χ1) is 7.80. The third kappa shape index (κ3) is 1.67. The zero-order valence-electron chi connectivity index (χ0n) is 9.18. The molecule has 1 aromatic carbocycles. The maximum absolute atomic E-state index is 9.22.